The van der Waals surface area contributed by atoms with Crippen LogP contribution in [0.2, 0.25) is 0 Å². The van der Waals surface area contributed by atoms with Gasteiger partial charge in [0.2, 0.25) is 0 Å². The van der Waals surface area contributed by atoms with Crippen LogP contribution in [-0.2, 0) is 6.54 Å². The van der Waals surface area contributed by atoms with Gasteiger partial charge >= 0.3 is 0 Å². The van der Waals surface area contributed by atoms with Crippen LogP contribution in [0.5, 0.6) is 0 Å². The predicted molar refractivity (Wildman–Crippen MR) is 77.3 cm³/mol. The maximum Gasteiger partial charge on any atom is 0.0423 e. The number of rotatable bonds is 6. The van der Waals surface area contributed by atoms with Gasteiger partial charge in [-0.05, 0) is 37.3 Å². The van der Waals surface area contributed by atoms with E-state index in [-0.39, 0.29) is 0 Å². The fourth-order valence-corrected chi connectivity index (χ4v) is 2.76. The third kappa shape index (κ3) is 3.23. The standard InChI is InChI=1S/C14H21BrN2/c1-2-8-17(10-11-6-7-11)14-5-3-4-13(15)12(14)9-16/h3-5,11H,2,6-10,16H2,1H3. The van der Waals surface area contributed by atoms with Crippen LogP contribution >= 0.6 is 15.9 Å². The molecule has 1 aromatic carbocycles. The first-order valence-corrected chi connectivity index (χ1v) is 7.28. The summed E-state index contributed by atoms with van der Waals surface area (Å²) in [6.45, 7) is 5.15. The van der Waals surface area contributed by atoms with Crippen LogP contribution in [0.25, 0.3) is 0 Å². The van der Waals surface area contributed by atoms with Crippen molar-refractivity contribution in [1.29, 1.82) is 0 Å². The lowest BCUT2D eigenvalue weighted by molar-refractivity contribution is 0.704. The van der Waals surface area contributed by atoms with E-state index in [9.17, 15) is 0 Å². The smallest absolute Gasteiger partial charge is 0.0423 e. The van der Waals surface area contributed by atoms with E-state index >= 15 is 0 Å². The van der Waals surface area contributed by atoms with Gasteiger partial charge in [0.25, 0.3) is 0 Å². The highest BCUT2D eigenvalue weighted by molar-refractivity contribution is 9.10. The van der Waals surface area contributed by atoms with Crippen LogP contribution in [0, 0.1) is 5.92 Å². The van der Waals surface area contributed by atoms with Gasteiger partial charge in [-0.25, -0.2) is 0 Å². The third-order valence-corrected chi connectivity index (χ3v) is 4.05. The molecule has 1 aromatic rings. The largest absolute Gasteiger partial charge is 0.371 e. The molecule has 17 heavy (non-hydrogen) atoms. The van der Waals surface area contributed by atoms with Gasteiger partial charge in [-0.1, -0.05) is 28.9 Å². The fourth-order valence-electron chi connectivity index (χ4n) is 2.24. The SMILES string of the molecule is CCCN(CC1CC1)c1cccc(Br)c1CN. The first-order chi connectivity index (χ1) is 8.26. The van der Waals surface area contributed by atoms with Crippen molar-refractivity contribution in [1.82, 2.24) is 0 Å². The molecule has 0 unspecified atom stereocenters. The van der Waals surface area contributed by atoms with Crippen molar-refractivity contribution in [3.05, 3.63) is 28.2 Å². The normalized spacial score (nSPS) is 15.0. The number of benzene rings is 1. The van der Waals surface area contributed by atoms with Crippen molar-refractivity contribution < 1.29 is 0 Å². The Morgan fingerprint density at radius 2 is 2.18 bits per heavy atom. The second kappa shape index (κ2) is 5.87. The van der Waals surface area contributed by atoms with Gasteiger partial charge in [0.1, 0.15) is 0 Å². The summed E-state index contributed by atoms with van der Waals surface area (Å²) in [7, 11) is 0. The maximum absolute atomic E-state index is 5.88. The monoisotopic (exact) mass is 296 g/mol. The molecule has 0 heterocycles. The summed E-state index contributed by atoms with van der Waals surface area (Å²) in [6, 6.07) is 6.38. The molecule has 94 valence electrons. The summed E-state index contributed by atoms with van der Waals surface area (Å²) in [5.74, 6) is 0.908. The van der Waals surface area contributed by atoms with Gasteiger partial charge in [-0.2, -0.15) is 0 Å². The van der Waals surface area contributed by atoms with Gasteiger partial charge in [0, 0.05) is 35.4 Å². The second-order valence-corrected chi connectivity index (χ2v) is 5.69. The minimum Gasteiger partial charge on any atom is -0.371 e. The molecule has 0 saturated heterocycles. The van der Waals surface area contributed by atoms with Gasteiger partial charge in [0.05, 0.1) is 0 Å². The molecule has 1 aliphatic rings. The quantitative estimate of drug-likeness (QED) is 0.870. The molecular formula is C14H21BrN2. The lowest BCUT2D eigenvalue weighted by atomic mass is 10.1. The summed E-state index contributed by atoms with van der Waals surface area (Å²) in [5.41, 5.74) is 8.43. The molecule has 2 nitrogen and oxygen atoms in total. The van der Waals surface area contributed by atoms with E-state index in [0.717, 1.165) is 16.9 Å². The van der Waals surface area contributed by atoms with Crippen LogP contribution in [0.15, 0.2) is 22.7 Å². The Morgan fingerprint density at radius 1 is 1.41 bits per heavy atom. The zero-order valence-electron chi connectivity index (χ0n) is 10.5. The second-order valence-electron chi connectivity index (χ2n) is 4.83. The van der Waals surface area contributed by atoms with E-state index in [4.69, 9.17) is 5.73 Å². The molecule has 0 amide bonds. The van der Waals surface area contributed by atoms with Gasteiger partial charge < -0.3 is 10.6 Å². The molecule has 1 aliphatic carbocycles. The minimum absolute atomic E-state index is 0.599. The highest BCUT2D eigenvalue weighted by atomic mass is 79.9. The molecule has 0 radical (unpaired) electrons. The van der Waals surface area contributed by atoms with Crippen LogP contribution in [0.4, 0.5) is 5.69 Å². The Bertz CT molecular complexity index is 374. The van der Waals surface area contributed by atoms with Gasteiger partial charge in [-0.15, -0.1) is 0 Å². The molecule has 3 heteroatoms. The van der Waals surface area contributed by atoms with Crippen molar-refractivity contribution in [3.8, 4) is 0 Å². The summed E-state index contributed by atoms with van der Waals surface area (Å²) in [6.07, 6.45) is 3.97. The maximum atomic E-state index is 5.88. The lowest BCUT2D eigenvalue weighted by Crippen LogP contribution is -2.28. The summed E-state index contributed by atoms with van der Waals surface area (Å²) >= 11 is 3.60. The van der Waals surface area contributed by atoms with Crippen molar-refractivity contribution in [2.75, 3.05) is 18.0 Å². The number of nitrogens with zero attached hydrogens (tertiary/aromatic N) is 1. The van der Waals surface area contributed by atoms with Crippen LogP contribution in [-0.4, -0.2) is 13.1 Å². The zero-order valence-corrected chi connectivity index (χ0v) is 12.0. The van der Waals surface area contributed by atoms with Crippen molar-refractivity contribution in [2.45, 2.75) is 32.7 Å². The van der Waals surface area contributed by atoms with E-state index in [0.29, 0.717) is 6.54 Å². The van der Waals surface area contributed by atoms with E-state index in [1.807, 2.05) is 0 Å². The topological polar surface area (TPSA) is 29.3 Å². The van der Waals surface area contributed by atoms with Crippen molar-refractivity contribution >= 4 is 21.6 Å². The molecule has 0 aliphatic heterocycles. The molecule has 1 saturated carbocycles. The predicted octanol–water partition coefficient (Wildman–Crippen LogP) is 3.53. The number of hydrogen-bond donors (Lipinski definition) is 1. The Balaban J connectivity index is 2.23. The average molecular weight is 297 g/mol. The Morgan fingerprint density at radius 3 is 2.76 bits per heavy atom. The Kier molecular flexibility index (Phi) is 4.46. The van der Waals surface area contributed by atoms with E-state index in [1.54, 1.807) is 0 Å². The Hall–Kier alpha value is -0.540. The molecule has 0 spiro atoms. The van der Waals surface area contributed by atoms with Crippen LogP contribution < -0.4 is 10.6 Å². The number of anilines is 1. The van der Waals surface area contributed by atoms with Gasteiger partial charge in [0.15, 0.2) is 0 Å². The molecule has 2 N–H and O–H groups in total. The molecule has 0 atom stereocenters. The molecule has 0 bridgehead atoms. The van der Waals surface area contributed by atoms with Crippen LogP contribution in [0.3, 0.4) is 0 Å². The van der Waals surface area contributed by atoms with Crippen molar-refractivity contribution in [3.63, 3.8) is 0 Å². The Labute approximate surface area is 112 Å². The number of hydrogen-bond acceptors (Lipinski definition) is 2. The molecule has 2 rings (SSSR count). The summed E-state index contributed by atoms with van der Waals surface area (Å²) < 4.78 is 1.13. The molecule has 1 fully saturated rings. The highest BCUT2D eigenvalue weighted by Gasteiger charge is 2.25. The van der Waals surface area contributed by atoms with Crippen molar-refractivity contribution in [2.24, 2.45) is 11.7 Å². The average Bonchev–Trinajstić information content (AvgIpc) is 3.12. The first kappa shape index (κ1) is 12.9. The minimum atomic E-state index is 0.599. The third-order valence-electron chi connectivity index (χ3n) is 3.31. The highest BCUT2D eigenvalue weighted by Crippen LogP contribution is 2.34. The summed E-state index contributed by atoms with van der Waals surface area (Å²) in [5, 5.41) is 0. The first-order valence-electron chi connectivity index (χ1n) is 6.48. The molecule has 0 aromatic heterocycles. The van der Waals surface area contributed by atoms with Crippen LogP contribution in [0.1, 0.15) is 31.7 Å². The van der Waals surface area contributed by atoms with E-state index < -0.39 is 0 Å². The zero-order chi connectivity index (χ0) is 12.3. The number of halogens is 1. The number of nitrogens with two attached hydrogens (primary N) is 1. The van der Waals surface area contributed by atoms with Gasteiger partial charge in [-0.3, -0.25) is 0 Å². The summed E-state index contributed by atoms with van der Waals surface area (Å²) in [4.78, 5) is 2.50. The molecular weight excluding hydrogens is 276 g/mol. The van der Waals surface area contributed by atoms with E-state index in [2.05, 4.69) is 46.0 Å². The van der Waals surface area contributed by atoms with E-state index in [1.165, 1.54) is 37.1 Å². The lowest BCUT2D eigenvalue weighted by Gasteiger charge is -2.27. The fraction of sp³-hybridized carbons (Fsp3) is 0.571.